The van der Waals surface area contributed by atoms with Gasteiger partial charge >= 0.3 is 0 Å². The van der Waals surface area contributed by atoms with Crippen molar-refractivity contribution in [2.45, 2.75) is 6.92 Å². The first-order chi connectivity index (χ1) is 7.94. The Bertz CT molecular complexity index is 483. The van der Waals surface area contributed by atoms with Gasteiger partial charge in [0.25, 0.3) is 5.69 Å². The fraction of sp³-hybridized carbons (Fsp3) is 0.444. The zero-order valence-corrected chi connectivity index (χ0v) is 10.1. The molecule has 0 spiro atoms. The minimum atomic E-state index is -3.01. The van der Waals surface area contributed by atoms with Crippen LogP contribution in [0.25, 0.3) is 0 Å². The van der Waals surface area contributed by atoms with Gasteiger partial charge in [0, 0.05) is 18.4 Å². The molecule has 94 valence electrons. The van der Waals surface area contributed by atoms with E-state index < -0.39 is 14.8 Å². The van der Waals surface area contributed by atoms with Gasteiger partial charge in [-0.25, -0.2) is 13.4 Å². The number of nitrogens with zero attached hydrogens (tertiary/aromatic N) is 2. The Hall–Kier alpha value is -1.70. The molecule has 0 aromatic carbocycles. The van der Waals surface area contributed by atoms with Crippen LogP contribution in [0, 0.1) is 10.1 Å². The molecule has 0 saturated carbocycles. The van der Waals surface area contributed by atoms with E-state index in [1.54, 1.807) is 6.92 Å². The van der Waals surface area contributed by atoms with Crippen molar-refractivity contribution in [3.8, 4) is 0 Å². The summed E-state index contributed by atoms with van der Waals surface area (Å²) in [5.41, 5.74) is -0.100. The first-order valence-electron chi connectivity index (χ1n) is 4.99. The van der Waals surface area contributed by atoms with Crippen LogP contribution in [0.3, 0.4) is 0 Å². The second-order valence-corrected chi connectivity index (χ2v) is 5.79. The summed E-state index contributed by atoms with van der Waals surface area (Å²) in [4.78, 5) is 13.6. The molecule has 0 unspecified atom stereocenters. The molecule has 0 atom stereocenters. The van der Waals surface area contributed by atoms with Gasteiger partial charge in [-0.15, -0.1) is 0 Å². The van der Waals surface area contributed by atoms with E-state index in [-0.39, 0.29) is 23.7 Å². The molecule has 1 N–H and O–H groups in total. The Morgan fingerprint density at radius 1 is 1.47 bits per heavy atom. The van der Waals surface area contributed by atoms with Crippen LogP contribution in [0.1, 0.15) is 6.92 Å². The van der Waals surface area contributed by atoms with E-state index in [1.807, 2.05) is 0 Å². The number of hydrogen-bond donors (Lipinski definition) is 1. The molecule has 1 aromatic rings. The van der Waals surface area contributed by atoms with Crippen molar-refractivity contribution in [3.05, 3.63) is 28.4 Å². The second-order valence-electron chi connectivity index (χ2n) is 3.32. The first-order valence-corrected chi connectivity index (χ1v) is 6.81. The molecule has 0 radical (unpaired) electrons. The van der Waals surface area contributed by atoms with E-state index in [0.717, 1.165) is 6.20 Å². The van der Waals surface area contributed by atoms with Gasteiger partial charge < -0.3 is 5.32 Å². The van der Waals surface area contributed by atoms with Crippen molar-refractivity contribution in [1.29, 1.82) is 0 Å². The lowest BCUT2D eigenvalue weighted by molar-refractivity contribution is -0.385. The Labute approximate surface area is 98.9 Å². The highest BCUT2D eigenvalue weighted by Gasteiger charge is 2.08. The van der Waals surface area contributed by atoms with Crippen LogP contribution >= 0.6 is 0 Å². The van der Waals surface area contributed by atoms with Gasteiger partial charge in [-0.3, -0.25) is 10.1 Å². The fourth-order valence-corrected chi connectivity index (χ4v) is 1.78. The van der Waals surface area contributed by atoms with Crippen molar-refractivity contribution in [3.63, 3.8) is 0 Å². The smallest absolute Gasteiger partial charge is 0.287 e. The summed E-state index contributed by atoms with van der Waals surface area (Å²) in [6.45, 7) is 1.82. The van der Waals surface area contributed by atoms with Crippen LogP contribution in [0.2, 0.25) is 0 Å². The third-order valence-electron chi connectivity index (χ3n) is 2.12. The van der Waals surface area contributed by atoms with Gasteiger partial charge in [-0.05, 0) is 6.07 Å². The van der Waals surface area contributed by atoms with E-state index in [9.17, 15) is 18.5 Å². The predicted molar refractivity (Wildman–Crippen MR) is 63.7 cm³/mol. The molecule has 0 saturated heterocycles. The van der Waals surface area contributed by atoms with E-state index >= 15 is 0 Å². The van der Waals surface area contributed by atoms with E-state index in [1.165, 1.54) is 12.1 Å². The maximum absolute atomic E-state index is 11.2. The van der Waals surface area contributed by atoms with Crippen molar-refractivity contribution in [2.24, 2.45) is 0 Å². The van der Waals surface area contributed by atoms with Crippen LogP contribution in [0.5, 0.6) is 0 Å². The molecule has 0 aliphatic rings. The number of nitrogens with one attached hydrogen (secondary N) is 1. The summed E-state index contributed by atoms with van der Waals surface area (Å²) < 4.78 is 22.4. The molecule has 7 nitrogen and oxygen atoms in total. The Morgan fingerprint density at radius 2 is 2.18 bits per heavy atom. The summed E-state index contributed by atoms with van der Waals surface area (Å²) in [5.74, 6) is 0.534. The molecule has 0 aliphatic carbocycles. The number of anilines is 1. The highest BCUT2D eigenvalue weighted by molar-refractivity contribution is 7.91. The third-order valence-corrected chi connectivity index (χ3v) is 3.82. The maximum Gasteiger partial charge on any atom is 0.287 e. The Kier molecular flexibility index (Phi) is 4.38. The van der Waals surface area contributed by atoms with Crippen LogP contribution in [0.15, 0.2) is 18.3 Å². The molecular formula is C9H13N3O4S. The summed E-state index contributed by atoms with van der Waals surface area (Å²) in [7, 11) is -3.01. The monoisotopic (exact) mass is 259 g/mol. The first kappa shape index (κ1) is 13.4. The number of rotatable bonds is 6. The van der Waals surface area contributed by atoms with Crippen molar-refractivity contribution < 1.29 is 13.3 Å². The minimum Gasteiger partial charge on any atom is -0.369 e. The average Bonchev–Trinajstić information content (AvgIpc) is 2.29. The average molecular weight is 259 g/mol. The highest BCUT2D eigenvalue weighted by atomic mass is 32.2. The summed E-state index contributed by atoms with van der Waals surface area (Å²) in [6.07, 6.45) is 1.12. The van der Waals surface area contributed by atoms with Crippen LogP contribution in [-0.4, -0.2) is 36.4 Å². The summed E-state index contributed by atoms with van der Waals surface area (Å²) in [5, 5.41) is 13.2. The van der Waals surface area contributed by atoms with Crippen molar-refractivity contribution in [1.82, 2.24) is 4.98 Å². The quantitative estimate of drug-likeness (QED) is 0.599. The number of aromatic nitrogens is 1. The van der Waals surface area contributed by atoms with Gasteiger partial charge in [0.15, 0.2) is 9.84 Å². The van der Waals surface area contributed by atoms with Gasteiger partial charge in [-0.1, -0.05) is 6.92 Å². The molecule has 0 bridgehead atoms. The standard InChI is InChI=1S/C9H13N3O4S/c1-2-17(15,16)6-5-10-9-4-3-8(7-11-9)12(13)14/h3-4,7H,2,5-6H2,1H3,(H,10,11). The summed E-state index contributed by atoms with van der Waals surface area (Å²) in [6, 6.07) is 2.75. The Morgan fingerprint density at radius 3 is 2.65 bits per heavy atom. The third kappa shape index (κ3) is 4.35. The molecule has 0 amide bonds. The molecule has 1 heterocycles. The second kappa shape index (κ2) is 5.58. The minimum absolute atomic E-state index is 0.0160. The zero-order valence-electron chi connectivity index (χ0n) is 9.29. The summed E-state index contributed by atoms with van der Waals surface area (Å²) >= 11 is 0. The lowest BCUT2D eigenvalue weighted by Crippen LogP contribution is -2.17. The van der Waals surface area contributed by atoms with Gasteiger partial charge in [0.05, 0.1) is 10.7 Å². The van der Waals surface area contributed by atoms with Crippen LogP contribution in [-0.2, 0) is 9.84 Å². The van der Waals surface area contributed by atoms with Gasteiger partial charge in [0.2, 0.25) is 0 Å². The number of hydrogen-bond acceptors (Lipinski definition) is 6. The van der Waals surface area contributed by atoms with Crippen molar-refractivity contribution >= 4 is 21.3 Å². The molecule has 1 aromatic heterocycles. The molecule has 8 heteroatoms. The molecule has 0 fully saturated rings. The number of sulfone groups is 1. The van der Waals surface area contributed by atoms with E-state index in [0.29, 0.717) is 5.82 Å². The molecule has 1 rings (SSSR count). The fourth-order valence-electron chi connectivity index (χ4n) is 1.08. The Balaban J connectivity index is 2.51. The SMILES string of the molecule is CCS(=O)(=O)CCNc1ccc([N+](=O)[O-])cn1. The number of pyridine rings is 1. The van der Waals surface area contributed by atoms with E-state index in [4.69, 9.17) is 0 Å². The van der Waals surface area contributed by atoms with Crippen LogP contribution in [0.4, 0.5) is 11.5 Å². The number of nitro groups is 1. The lowest BCUT2D eigenvalue weighted by atomic mass is 10.4. The molecule has 17 heavy (non-hydrogen) atoms. The predicted octanol–water partition coefficient (Wildman–Crippen LogP) is 0.836. The van der Waals surface area contributed by atoms with Crippen LogP contribution < -0.4 is 5.32 Å². The highest BCUT2D eigenvalue weighted by Crippen LogP contribution is 2.11. The zero-order chi connectivity index (χ0) is 12.9. The van der Waals surface area contributed by atoms with Crippen molar-refractivity contribution in [2.75, 3.05) is 23.4 Å². The molecular weight excluding hydrogens is 246 g/mol. The normalized spacial score (nSPS) is 11.1. The largest absolute Gasteiger partial charge is 0.369 e. The maximum atomic E-state index is 11.2. The molecule has 0 aliphatic heterocycles. The van der Waals surface area contributed by atoms with E-state index in [2.05, 4.69) is 10.3 Å². The van der Waals surface area contributed by atoms with Gasteiger partial charge in [-0.2, -0.15) is 0 Å². The van der Waals surface area contributed by atoms with Gasteiger partial charge in [0.1, 0.15) is 12.0 Å². The lowest BCUT2D eigenvalue weighted by Gasteiger charge is -2.04. The topological polar surface area (TPSA) is 102 Å².